The molecule has 2 aromatic rings. The van der Waals surface area contributed by atoms with Gasteiger partial charge in [0, 0.05) is 11.3 Å². The Hall–Kier alpha value is -3.15. The van der Waals surface area contributed by atoms with Gasteiger partial charge in [0.15, 0.2) is 5.78 Å². The van der Waals surface area contributed by atoms with E-state index in [0.717, 1.165) is 0 Å². The van der Waals surface area contributed by atoms with Gasteiger partial charge in [0.1, 0.15) is 11.2 Å². The number of anilines is 2. The number of carbonyl (C=O) groups is 3. The van der Waals surface area contributed by atoms with Gasteiger partial charge in [-0.25, -0.2) is 0 Å². The fraction of sp³-hybridized carbons (Fsp3) is 0.318. The van der Waals surface area contributed by atoms with Gasteiger partial charge in [-0.3, -0.25) is 14.4 Å². The molecule has 0 radical (unpaired) electrons. The van der Waals surface area contributed by atoms with Crippen molar-refractivity contribution in [2.45, 2.75) is 39.7 Å². The number of ether oxygens (including phenoxy) is 1. The Morgan fingerprint density at radius 1 is 0.964 bits per heavy atom. The third-order valence-corrected chi connectivity index (χ3v) is 4.64. The molecule has 0 spiro atoms. The highest BCUT2D eigenvalue weighted by atomic mass is 16.5. The van der Waals surface area contributed by atoms with Crippen LogP contribution in [0.3, 0.4) is 0 Å². The number of hydrogen-bond donors (Lipinski definition) is 2. The van der Waals surface area contributed by atoms with Gasteiger partial charge < -0.3 is 15.4 Å². The van der Waals surface area contributed by atoms with Crippen LogP contribution < -0.4 is 15.4 Å². The smallest absolute Gasteiger partial charge is 0.240 e. The highest BCUT2D eigenvalue weighted by Crippen LogP contribution is 2.48. The second kappa shape index (κ2) is 7.84. The fourth-order valence-electron chi connectivity index (χ4n) is 2.92. The van der Waals surface area contributed by atoms with Gasteiger partial charge in [-0.15, -0.1) is 0 Å². The van der Waals surface area contributed by atoms with Gasteiger partial charge >= 0.3 is 0 Å². The first kappa shape index (κ1) is 19.6. The first-order valence-electron chi connectivity index (χ1n) is 9.31. The van der Waals surface area contributed by atoms with Gasteiger partial charge in [0.05, 0.1) is 11.8 Å². The Bertz CT molecular complexity index is 916. The first-order valence-corrected chi connectivity index (χ1v) is 9.31. The number of benzene rings is 2. The van der Waals surface area contributed by atoms with Crippen LogP contribution >= 0.6 is 0 Å². The number of para-hydroxylation sites is 2. The fourth-order valence-corrected chi connectivity index (χ4v) is 2.92. The molecule has 0 bridgehead atoms. The van der Waals surface area contributed by atoms with E-state index in [9.17, 15) is 14.4 Å². The monoisotopic (exact) mass is 380 g/mol. The second-order valence-corrected chi connectivity index (χ2v) is 7.29. The van der Waals surface area contributed by atoms with Crippen molar-refractivity contribution in [1.29, 1.82) is 0 Å². The minimum Gasteiger partial charge on any atom is -0.489 e. The largest absolute Gasteiger partial charge is 0.489 e. The Balaban J connectivity index is 1.73. The second-order valence-electron chi connectivity index (χ2n) is 7.29. The van der Waals surface area contributed by atoms with Crippen LogP contribution in [0, 0.1) is 5.41 Å². The van der Waals surface area contributed by atoms with E-state index in [2.05, 4.69) is 10.6 Å². The van der Waals surface area contributed by atoms with Crippen LogP contribution in [0.1, 0.15) is 44.0 Å². The predicted octanol–water partition coefficient (Wildman–Crippen LogP) is 4.03. The number of nitrogens with one attached hydrogen (secondary N) is 2. The summed E-state index contributed by atoms with van der Waals surface area (Å²) in [6.07, 6.45) is 0.916. The molecule has 1 aliphatic carbocycles. The van der Waals surface area contributed by atoms with Crippen LogP contribution in [0.15, 0.2) is 48.5 Å². The average molecular weight is 380 g/mol. The van der Waals surface area contributed by atoms with E-state index in [4.69, 9.17) is 4.74 Å². The minimum absolute atomic E-state index is 0.0372. The number of amides is 2. The van der Waals surface area contributed by atoms with Crippen molar-refractivity contribution in [2.24, 2.45) is 5.41 Å². The molecule has 1 fully saturated rings. The summed E-state index contributed by atoms with van der Waals surface area (Å²) < 4.78 is 5.72. The standard InChI is InChI=1S/C22H24N2O4/c1-14(2)28-19-10-5-4-9-18(19)24-21(27)22(11-12-22)20(26)23-17-8-6-7-16(13-17)15(3)25/h4-10,13-14H,11-12H2,1-3H3,(H,23,26)(H,24,27). The normalized spacial score (nSPS) is 14.3. The molecule has 3 rings (SSSR count). The molecule has 6 heteroatoms. The summed E-state index contributed by atoms with van der Waals surface area (Å²) in [5.41, 5.74) is 0.447. The van der Waals surface area contributed by atoms with E-state index in [1.807, 2.05) is 19.9 Å². The van der Waals surface area contributed by atoms with Crippen molar-refractivity contribution in [3.8, 4) is 5.75 Å². The maximum Gasteiger partial charge on any atom is 0.240 e. The predicted molar refractivity (Wildman–Crippen MR) is 108 cm³/mol. The molecule has 1 saturated carbocycles. The van der Waals surface area contributed by atoms with E-state index in [1.165, 1.54) is 6.92 Å². The van der Waals surface area contributed by atoms with E-state index in [-0.39, 0.29) is 23.7 Å². The molecule has 6 nitrogen and oxygen atoms in total. The number of Topliss-reactive ketones (excluding diaryl/α,β-unsaturated/α-hetero) is 1. The molecule has 146 valence electrons. The maximum atomic E-state index is 12.9. The Kier molecular flexibility index (Phi) is 5.49. The Labute approximate surface area is 164 Å². The quantitative estimate of drug-likeness (QED) is 0.561. The highest BCUT2D eigenvalue weighted by Gasteiger charge is 2.56. The summed E-state index contributed by atoms with van der Waals surface area (Å²) in [5.74, 6) is -0.242. The third-order valence-electron chi connectivity index (χ3n) is 4.64. The molecule has 0 heterocycles. The number of hydrogen-bond acceptors (Lipinski definition) is 4. The zero-order valence-corrected chi connectivity index (χ0v) is 16.2. The summed E-state index contributed by atoms with van der Waals surface area (Å²) in [6, 6.07) is 13.9. The lowest BCUT2D eigenvalue weighted by molar-refractivity contribution is -0.131. The van der Waals surface area contributed by atoms with Crippen molar-refractivity contribution in [2.75, 3.05) is 10.6 Å². The lowest BCUT2D eigenvalue weighted by Gasteiger charge is -2.18. The average Bonchev–Trinajstić information content (AvgIpc) is 3.45. The molecule has 0 aliphatic heterocycles. The summed E-state index contributed by atoms with van der Waals surface area (Å²) in [5, 5.41) is 5.61. The van der Waals surface area contributed by atoms with Gasteiger partial charge in [-0.05, 0) is 57.9 Å². The van der Waals surface area contributed by atoms with Crippen LogP contribution in [-0.2, 0) is 9.59 Å². The van der Waals surface area contributed by atoms with Crippen LogP contribution in [-0.4, -0.2) is 23.7 Å². The zero-order chi connectivity index (χ0) is 20.3. The molecule has 0 saturated heterocycles. The van der Waals surface area contributed by atoms with E-state index in [0.29, 0.717) is 35.5 Å². The molecule has 0 aromatic heterocycles. The molecular formula is C22H24N2O4. The Morgan fingerprint density at radius 3 is 2.29 bits per heavy atom. The molecular weight excluding hydrogens is 356 g/mol. The van der Waals surface area contributed by atoms with Crippen LogP contribution in [0.5, 0.6) is 5.75 Å². The van der Waals surface area contributed by atoms with Crippen molar-refractivity contribution in [3.63, 3.8) is 0 Å². The Morgan fingerprint density at radius 2 is 1.64 bits per heavy atom. The molecule has 2 amide bonds. The van der Waals surface area contributed by atoms with Crippen LogP contribution in [0.2, 0.25) is 0 Å². The van der Waals surface area contributed by atoms with E-state index >= 15 is 0 Å². The van der Waals surface area contributed by atoms with Crippen molar-refractivity contribution < 1.29 is 19.1 Å². The van der Waals surface area contributed by atoms with Gasteiger partial charge in [0.25, 0.3) is 0 Å². The third kappa shape index (κ3) is 4.22. The molecule has 28 heavy (non-hydrogen) atoms. The summed E-state index contributed by atoms with van der Waals surface area (Å²) >= 11 is 0. The number of rotatable bonds is 7. The zero-order valence-electron chi connectivity index (χ0n) is 16.2. The summed E-state index contributed by atoms with van der Waals surface area (Å²) in [6.45, 7) is 5.28. The van der Waals surface area contributed by atoms with Crippen molar-refractivity contribution in [1.82, 2.24) is 0 Å². The lowest BCUT2D eigenvalue weighted by atomic mass is 10.0. The number of ketones is 1. The van der Waals surface area contributed by atoms with Gasteiger partial charge in [-0.1, -0.05) is 24.3 Å². The van der Waals surface area contributed by atoms with Crippen molar-refractivity contribution in [3.05, 3.63) is 54.1 Å². The molecule has 0 unspecified atom stereocenters. The first-order chi connectivity index (χ1) is 13.3. The van der Waals surface area contributed by atoms with E-state index in [1.54, 1.807) is 42.5 Å². The highest BCUT2D eigenvalue weighted by molar-refractivity contribution is 6.17. The molecule has 2 N–H and O–H groups in total. The minimum atomic E-state index is -1.10. The number of carbonyl (C=O) groups excluding carboxylic acids is 3. The summed E-state index contributed by atoms with van der Waals surface area (Å²) in [4.78, 5) is 37.2. The van der Waals surface area contributed by atoms with Crippen LogP contribution in [0.4, 0.5) is 11.4 Å². The maximum absolute atomic E-state index is 12.9. The van der Waals surface area contributed by atoms with Gasteiger partial charge in [-0.2, -0.15) is 0 Å². The molecule has 2 aromatic carbocycles. The topological polar surface area (TPSA) is 84.5 Å². The van der Waals surface area contributed by atoms with Crippen LogP contribution in [0.25, 0.3) is 0 Å². The SMILES string of the molecule is CC(=O)c1cccc(NC(=O)C2(C(=O)Nc3ccccc3OC(C)C)CC2)c1. The lowest BCUT2D eigenvalue weighted by Crippen LogP contribution is -2.35. The molecule has 1 aliphatic rings. The van der Waals surface area contributed by atoms with Gasteiger partial charge in [0.2, 0.25) is 11.8 Å². The van der Waals surface area contributed by atoms with E-state index < -0.39 is 5.41 Å². The summed E-state index contributed by atoms with van der Waals surface area (Å²) in [7, 11) is 0. The molecule has 0 atom stereocenters. The van der Waals surface area contributed by atoms with Crippen molar-refractivity contribution >= 4 is 29.0 Å².